The highest BCUT2D eigenvalue weighted by molar-refractivity contribution is 7.99. The van der Waals surface area contributed by atoms with Gasteiger partial charge >= 0.3 is 5.97 Å². The van der Waals surface area contributed by atoms with Crippen LogP contribution in [-0.2, 0) is 11.8 Å². The third kappa shape index (κ3) is 3.32. The number of aryl methyl sites for hydroxylation is 1. The maximum Gasteiger partial charge on any atom is 0.323 e. The first-order chi connectivity index (χ1) is 9.43. The predicted octanol–water partition coefficient (Wildman–Crippen LogP) is 1.67. The topological polar surface area (TPSA) is 80.0 Å². The largest absolute Gasteiger partial charge is 0.480 e. The van der Waals surface area contributed by atoms with Crippen LogP contribution in [0.25, 0.3) is 0 Å². The molecule has 2 N–H and O–H groups in total. The Morgan fingerprint density at radius 2 is 2.40 bits per heavy atom. The average Bonchev–Trinajstić information content (AvgIpc) is 2.74. The number of carbonyl (C=O) groups is 1. The quantitative estimate of drug-likeness (QED) is 0.861. The SMILES string of the molecule is CC(C)NC1(C(=O)O)CCCC(Sc2ncnn2C)C1. The summed E-state index contributed by atoms with van der Waals surface area (Å²) in [6, 6.07) is 0.157. The number of rotatable bonds is 5. The van der Waals surface area contributed by atoms with Gasteiger partial charge in [-0.05, 0) is 39.5 Å². The summed E-state index contributed by atoms with van der Waals surface area (Å²) in [5.41, 5.74) is -0.803. The summed E-state index contributed by atoms with van der Waals surface area (Å²) >= 11 is 1.63. The van der Waals surface area contributed by atoms with Crippen molar-refractivity contribution in [1.29, 1.82) is 0 Å². The van der Waals surface area contributed by atoms with Crippen LogP contribution in [0.2, 0.25) is 0 Å². The van der Waals surface area contributed by atoms with Gasteiger partial charge in [-0.1, -0.05) is 11.8 Å². The molecule has 0 radical (unpaired) electrons. The van der Waals surface area contributed by atoms with Gasteiger partial charge in [-0.2, -0.15) is 5.10 Å². The van der Waals surface area contributed by atoms with Crippen LogP contribution in [-0.4, -0.2) is 42.7 Å². The van der Waals surface area contributed by atoms with Crippen molar-refractivity contribution in [3.63, 3.8) is 0 Å². The van der Waals surface area contributed by atoms with Gasteiger partial charge in [-0.15, -0.1) is 0 Å². The lowest BCUT2D eigenvalue weighted by atomic mass is 9.81. The molecule has 0 bridgehead atoms. The van der Waals surface area contributed by atoms with E-state index < -0.39 is 11.5 Å². The van der Waals surface area contributed by atoms with Gasteiger partial charge in [-0.25, -0.2) is 9.67 Å². The van der Waals surface area contributed by atoms with Crippen LogP contribution in [0.5, 0.6) is 0 Å². The van der Waals surface area contributed by atoms with E-state index in [-0.39, 0.29) is 11.3 Å². The lowest BCUT2D eigenvalue weighted by molar-refractivity contribution is -0.146. The van der Waals surface area contributed by atoms with Crippen LogP contribution in [0.15, 0.2) is 11.5 Å². The van der Waals surface area contributed by atoms with Crippen LogP contribution in [0.4, 0.5) is 0 Å². The van der Waals surface area contributed by atoms with Crippen molar-refractivity contribution in [2.45, 2.75) is 61.5 Å². The van der Waals surface area contributed by atoms with E-state index in [1.54, 1.807) is 16.4 Å². The molecule has 0 aliphatic heterocycles. The number of carboxylic acid groups (broad SMARTS) is 1. The third-order valence-electron chi connectivity index (χ3n) is 3.62. The first kappa shape index (κ1) is 15.3. The minimum absolute atomic E-state index is 0.157. The smallest absolute Gasteiger partial charge is 0.323 e. The van der Waals surface area contributed by atoms with Crippen LogP contribution >= 0.6 is 11.8 Å². The third-order valence-corrected chi connectivity index (χ3v) is 4.94. The number of hydrogen-bond donors (Lipinski definition) is 2. The number of nitrogens with zero attached hydrogens (tertiary/aromatic N) is 3. The van der Waals surface area contributed by atoms with Gasteiger partial charge in [0.2, 0.25) is 0 Å². The van der Waals surface area contributed by atoms with Crippen LogP contribution in [0.1, 0.15) is 39.5 Å². The van der Waals surface area contributed by atoms with Gasteiger partial charge in [0.05, 0.1) is 0 Å². The Hall–Kier alpha value is -1.08. The first-order valence-corrected chi connectivity index (χ1v) is 7.83. The zero-order chi connectivity index (χ0) is 14.8. The van der Waals surface area contributed by atoms with E-state index >= 15 is 0 Å². The van der Waals surface area contributed by atoms with Crippen LogP contribution in [0, 0.1) is 0 Å². The number of carboxylic acids is 1. The Kier molecular flexibility index (Phi) is 4.70. The van der Waals surface area contributed by atoms with Gasteiger partial charge in [0.15, 0.2) is 5.16 Å². The molecule has 1 aromatic heterocycles. The van der Waals surface area contributed by atoms with E-state index in [1.165, 1.54) is 6.33 Å². The fourth-order valence-corrected chi connectivity index (χ4v) is 4.06. The lowest BCUT2D eigenvalue weighted by Gasteiger charge is -2.39. The summed E-state index contributed by atoms with van der Waals surface area (Å²) in [5, 5.41) is 18.1. The van der Waals surface area contributed by atoms with Crippen LogP contribution in [0.3, 0.4) is 0 Å². The molecular formula is C13H22N4O2S. The fourth-order valence-electron chi connectivity index (χ4n) is 2.81. The normalized spacial score (nSPS) is 26.9. The zero-order valence-electron chi connectivity index (χ0n) is 12.2. The van der Waals surface area contributed by atoms with Gasteiger partial charge < -0.3 is 5.11 Å². The van der Waals surface area contributed by atoms with Crippen molar-refractivity contribution in [3.05, 3.63) is 6.33 Å². The van der Waals surface area contributed by atoms with Crippen molar-refractivity contribution in [2.75, 3.05) is 0 Å². The summed E-state index contributed by atoms with van der Waals surface area (Å²) in [5.74, 6) is -0.741. The molecule has 112 valence electrons. The Labute approximate surface area is 123 Å². The number of hydrogen-bond acceptors (Lipinski definition) is 5. The molecule has 0 amide bonds. The van der Waals surface area contributed by atoms with Gasteiger partial charge in [0, 0.05) is 18.3 Å². The summed E-state index contributed by atoms with van der Waals surface area (Å²) in [7, 11) is 1.86. The maximum absolute atomic E-state index is 11.7. The highest BCUT2D eigenvalue weighted by Crippen LogP contribution is 2.38. The van der Waals surface area contributed by atoms with Crippen molar-refractivity contribution in [1.82, 2.24) is 20.1 Å². The molecule has 0 aromatic carbocycles. The lowest BCUT2D eigenvalue weighted by Crippen LogP contribution is -2.57. The van der Waals surface area contributed by atoms with E-state index in [0.29, 0.717) is 12.8 Å². The Morgan fingerprint density at radius 1 is 1.65 bits per heavy atom. The van der Waals surface area contributed by atoms with Gasteiger partial charge in [-0.3, -0.25) is 10.1 Å². The first-order valence-electron chi connectivity index (χ1n) is 6.95. The van der Waals surface area contributed by atoms with E-state index in [9.17, 15) is 9.90 Å². The van der Waals surface area contributed by atoms with Gasteiger partial charge in [0.25, 0.3) is 0 Å². The molecule has 20 heavy (non-hydrogen) atoms. The van der Waals surface area contributed by atoms with Crippen molar-refractivity contribution >= 4 is 17.7 Å². The summed E-state index contributed by atoms with van der Waals surface area (Å²) in [6.45, 7) is 3.98. The summed E-state index contributed by atoms with van der Waals surface area (Å²) < 4.78 is 1.73. The second-order valence-corrected chi connectivity index (χ2v) is 6.96. The molecule has 1 aliphatic carbocycles. The van der Waals surface area contributed by atoms with E-state index in [1.807, 2.05) is 20.9 Å². The van der Waals surface area contributed by atoms with Crippen molar-refractivity contribution in [3.8, 4) is 0 Å². The Balaban J connectivity index is 2.09. The molecule has 1 aromatic rings. The minimum atomic E-state index is -0.803. The number of aliphatic carboxylic acids is 1. The highest BCUT2D eigenvalue weighted by Gasteiger charge is 2.43. The Morgan fingerprint density at radius 3 is 2.95 bits per heavy atom. The molecule has 0 saturated heterocycles. The van der Waals surface area contributed by atoms with Crippen molar-refractivity contribution in [2.24, 2.45) is 7.05 Å². The highest BCUT2D eigenvalue weighted by atomic mass is 32.2. The summed E-state index contributed by atoms with van der Waals surface area (Å²) in [6.07, 6.45) is 4.78. The predicted molar refractivity (Wildman–Crippen MR) is 77.8 cm³/mol. The average molecular weight is 298 g/mol. The second-order valence-electron chi connectivity index (χ2n) is 5.69. The monoisotopic (exact) mass is 298 g/mol. The van der Waals surface area contributed by atoms with Gasteiger partial charge in [0.1, 0.15) is 11.9 Å². The van der Waals surface area contributed by atoms with Crippen molar-refractivity contribution < 1.29 is 9.90 Å². The Bertz CT molecular complexity index is 477. The van der Waals surface area contributed by atoms with Crippen LogP contribution < -0.4 is 5.32 Å². The number of nitrogens with one attached hydrogen (secondary N) is 1. The molecular weight excluding hydrogens is 276 g/mol. The number of aromatic nitrogens is 3. The molecule has 1 heterocycles. The van der Waals surface area contributed by atoms with E-state index in [2.05, 4.69) is 15.4 Å². The zero-order valence-corrected chi connectivity index (χ0v) is 13.0. The molecule has 1 saturated carbocycles. The molecule has 2 atom stereocenters. The maximum atomic E-state index is 11.7. The molecule has 7 heteroatoms. The molecule has 0 spiro atoms. The second kappa shape index (κ2) is 6.13. The van der Waals surface area contributed by atoms with E-state index in [4.69, 9.17) is 0 Å². The fraction of sp³-hybridized carbons (Fsp3) is 0.769. The van der Waals surface area contributed by atoms with E-state index in [0.717, 1.165) is 18.0 Å². The molecule has 1 aliphatic rings. The molecule has 1 fully saturated rings. The summed E-state index contributed by atoms with van der Waals surface area (Å²) in [4.78, 5) is 15.9. The standard InChI is InChI=1S/C13H22N4O2S/c1-9(2)16-13(11(18)19)6-4-5-10(7-13)20-12-14-8-15-17(12)3/h8-10,16H,4-7H2,1-3H3,(H,18,19). The minimum Gasteiger partial charge on any atom is -0.480 e. The molecule has 2 rings (SSSR count). The number of thioether (sulfide) groups is 1. The molecule has 6 nitrogen and oxygen atoms in total. The molecule has 2 unspecified atom stereocenters.